The average Bonchev–Trinajstić information content (AvgIpc) is 3.33. The van der Waals surface area contributed by atoms with E-state index in [9.17, 15) is 5.26 Å². The fourth-order valence-corrected chi connectivity index (χ4v) is 4.00. The second-order valence-corrected chi connectivity index (χ2v) is 8.03. The van der Waals surface area contributed by atoms with Crippen LogP contribution in [0.15, 0.2) is 45.2 Å². The Kier molecular flexibility index (Phi) is 5.50. The fraction of sp³-hybridized carbons (Fsp3) is 0.364. The Hall–Kier alpha value is -2.91. The lowest BCUT2D eigenvalue weighted by molar-refractivity contribution is 0.271. The largest absolute Gasteiger partial charge is 0.484 e. The summed E-state index contributed by atoms with van der Waals surface area (Å²) >= 11 is 6.11. The number of nitrogens with zero attached hydrogens (tertiary/aromatic N) is 3. The fourth-order valence-electron chi connectivity index (χ4n) is 3.81. The molecule has 0 bridgehead atoms. The van der Waals surface area contributed by atoms with Gasteiger partial charge >= 0.3 is 0 Å². The predicted octanol–water partition coefficient (Wildman–Crippen LogP) is 5.52. The topological polar surface area (TPSA) is 75.4 Å². The van der Waals surface area contributed by atoms with Crippen molar-refractivity contribution in [2.24, 2.45) is 11.8 Å². The minimum atomic E-state index is 0.226. The van der Waals surface area contributed by atoms with Crippen molar-refractivity contribution in [2.45, 2.75) is 26.9 Å². The number of hydrogen-bond acceptors (Lipinski definition) is 6. The van der Waals surface area contributed by atoms with Gasteiger partial charge in [-0.2, -0.15) is 10.2 Å². The van der Waals surface area contributed by atoms with Crippen LogP contribution in [0.25, 0.3) is 11.7 Å². The molecule has 29 heavy (non-hydrogen) atoms. The van der Waals surface area contributed by atoms with Gasteiger partial charge in [0, 0.05) is 13.1 Å². The van der Waals surface area contributed by atoms with E-state index in [1.807, 2.05) is 12.1 Å². The molecule has 3 aromatic rings. The van der Waals surface area contributed by atoms with Crippen LogP contribution in [0.5, 0.6) is 5.75 Å². The summed E-state index contributed by atoms with van der Waals surface area (Å²) in [5, 5.41) is 10.1. The van der Waals surface area contributed by atoms with Crippen LogP contribution < -0.4 is 9.64 Å². The lowest BCUT2D eigenvalue weighted by atomic mass is 9.92. The Morgan fingerprint density at radius 2 is 1.93 bits per heavy atom. The molecule has 7 heteroatoms. The lowest BCUT2D eigenvalue weighted by Crippen LogP contribution is -2.38. The van der Waals surface area contributed by atoms with Gasteiger partial charge in [-0.3, -0.25) is 0 Å². The first-order chi connectivity index (χ1) is 14.0. The summed E-state index contributed by atoms with van der Waals surface area (Å²) in [6.45, 7) is 6.35. The van der Waals surface area contributed by atoms with Crippen LogP contribution in [-0.4, -0.2) is 18.1 Å². The van der Waals surface area contributed by atoms with Crippen molar-refractivity contribution < 1.29 is 13.6 Å². The maximum Gasteiger partial charge on any atom is 0.266 e. The third kappa shape index (κ3) is 4.25. The molecule has 0 amide bonds. The van der Waals surface area contributed by atoms with Crippen LogP contribution in [-0.2, 0) is 6.61 Å². The highest BCUT2D eigenvalue weighted by atomic mass is 35.5. The molecule has 0 N–H and O–H groups in total. The van der Waals surface area contributed by atoms with Crippen LogP contribution in [0.1, 0.15) is 31.7 Å². The van der Waals surface area contributed by atoms with Crippen LogP contribution in [0.2, 0.25) is 5.02 Å². The van der Waals surface area contributed by atoms with Gasteiger partial charge in [-0.25, -0.2) is 0 Å². The summed E-state index contributed by atoms with van der Waals surface area (Å²) in [5.74, 6) is 3.55. The normalized spacial score (nSPS) is 19.2. The molecule has 0 aliphatic carbocycles. The minimum absolute atomic E-state index is 0.226. The number of ether oxygens (including phenoxy) is 1. The highest BCUT2D eigenvalue weighted by molar-refractivity contribution is 6.32. The Morgan fingerprint density at radius 1 is 1.17 bits per heavy atom. The van der Waals surface area contributed by atoms with E-state index in [4.69, 9.17) is 25.2 Å². The van der Waals surface area contributed by atoms with Gasteiger partial charge in [-0.15, -0.1) is 0 Å². The van der Waals surface area contributed by atoms with E-state index < -0.39 is 0 Å². The summed E-state index contributed by atoms with van der Waals surface area (Å²) in [5.41, 5.74) is 0.284. The smallest absolute Gasteiger partial charge is 0.266 e. The molecule has 3 heterocycles. The summed E-state index contributed by atoms with van der Waals surface area (Å²) in [6.07, 6.45) is 1.17. The third-order valence-corrected chi connectivity index (χ3v) is 5.26. The van der Waals surface area contributed by atoms with Crippen LogP contribution in [0.4, 0.5) is 5.88 Å². The number of anilines is 1. The SMILES string of the molecule is CC1CC(C)CN(c2oc(-c3ccc(COc4ccccc4Cl)o3)nc2C#N)C1. The molecular formula is C22H22ClN3O3. The second kappa shape index (κ2) is 8.22. The Morgan fingerprint density at radius 3 is 2.66 bits per heavy atom. The molecule has 0 spiro atoms. The van der Waals surface area contributed by atoms with E-state index in [1.54, 1.807) is 24.3 Å². The molecule has 1 aliphatic rings. The zero-order valence-electron chi connectivity index (χ0n) is 16.4. The van der Waals surface area contributed by atoms with E-state index in [1.165, 1.54) is 6.42 Å². The highest BCUT2D eigenvalue weighted by Gasteiger charge is 2.28. The number of oxazole rings is 1. The van der Waals surface area contributed by atoms with E-state index in [0.717, 1.165) is 13.1 Å². The number of piperidine rings is 1. The molecule has 1 aromatic carbocycles. The molecule has 6 nitrogen and oxygen atoms in total. The van der Waals surface area contributed by atoms with Gasteiger partial charge in [0.05, 0.1) is 5.02 Å². The number of aromatic nitrogens is 1. The number of benzene rings is 1. The van der Waals surface area contributed by atoms with Gasteiger partial charge in [-0.05, 0) is 42.5 Å². The van der Waals surface area contributed by atoms with Crippen LogP contribution in [0, 0.1) is 23.2 Å². The molecule has 2 unspecified atom stereocenters. The number of furan rings is 1. The predicted molar refractivity (Wildman–Crippen MR) is 110 cm³/mol. The third-order valence-electron chi connectivity index (χ3n) is 4.95. The maximum absolute atomic E-state index is 9.52. The van der Waals surface area contributed by atoms with Gasteiger partial charge in [0.2, 0.25) is 11.6 Å². The number of hydrogen-bond donors (Lipinski definition) is 0. The molecular weight excluding hydrogens is 390 g/mol. The Balaban J connectivity index is 1.51. The van der Waals surface area contributed by atoms with Gasteiger partial charge in [0.25, 0.3) is 5.89 Å². The van der Waals surface area contributed by atoms with Crippen molar-refractivity contribution in [1.29, 1.82) is 5.26 Å². The zero-order valence-corrected chi connectivity index (χ0v) is 17.1. The van der Waals surface area contributed by atoms with Crippen molar-refractivity contribution in [3.63, 3.8) is 0 Å². The van der Waals surface area contributed by atoms with Crippen molar-refractivity contribution in [3.05, 3.63) is 52.9 Å². The van der Waals surface area contributed by atoms with Crippen molar-refractivity contribution in [1.82, 2.24) is 4.98 Å². The van der Waals surface area contributed by atoms with E-state index in [0.29, 0.717) is 45.9 Å². The quantitative estimate of drug-likeness (QED) is 0.550. The molecule has 0 radical (unpaired) electrons. The van der Waals surface area contributed by atoms with Gasteiger partial charge in [0.1, 0.15) is 24.2 Å². The standard InChI is InChI=1S/C22H22ClN3O3/c1-14-9-15(2)12-26(11-14)22-18(10-24)25-21(29-22)20-8-7-16(28-20)13-27-19-6-4-3-5-17(19)23/h3-8,14-15H,9,11-13H2,1-2H3. The first kappa shape index (κ1) is 19.4. The molecule has 1 fully saturated rings. The molecule has 4 rings (SSSR count). The maximum atomic E-state index is 9.52. The van der Waals surface area contributed by atoms with Gasteiger partial charge < -0.3 is 18.5 Å². The van der Waals surface area contributed by atoms with Crippen molar-refractivity contribution in [2.75, 3.05) is 18.0 Å². The molecule has 150 valence electrons. The summed E-state index contributed by atoms with van der Waals surface area (Å²) in [4.78, 5) is 6.45. The van der Waals surface area contributed by atoms with Crippen molar-refractivity contribution >= 4 is 17.5 Å². The molecule has 1 aliphatic heterocycles. The molecule has 1 saturated heterocycles. The monoisotopic (exact) mass is 411 g/mol. The minimum Gasteiger partial charge on any atom is -0.484 e. The van der Waals surface area contributed by atoms with Crippen LogP contribution in [0.3, 0.4) is 0 Å². The van der Waals surface area contributed by atoms with Crippen molar-refractivity contribution in [3.8, 4) is 23.5 Å². The Bertz CT molecular complexity index is 1030. The van der Waals surface area contributed by atoms with E-state index in [2.05, 4.69) is 29.8 Å². The molecule has 2 aromatic heterocycles. The van der Waals surface area contributed by atoms with E-state index >= 15 is 0 Å². The summed E-state index contributed by atoms with van der Waals surface area (Å²) < 4.78 is 17.5. The zero-order chi connectivity index (χ0) is 20.4. The molecule has 2 atom stereocenters. The van der Waals surface area contributed by atoms with Gasteiger partial charge in [0.15, 0.2) is 5.76 Å². The molecule has 0 saturated carbocycles. The summed E-state index contributed by atoms with van der Waals surface area (Å²) in [7, 11) is 0. The number of rotatable bonds is 5. The second-order valence-electron chi connectivity index (χ2n) is 7.62. The highest BCUT2D eigenvalue weighted by Crippen LogP contribution is 2.33. The van der Waals surface area contributed by atoms with E-state index in [-0.39, 0.29) is 12.3 Å². The van der Waals surface area contributed by atoms with Crippen LogP contribution >= 0.6 is 11.6 Å². The number of halogens is 1. The first-order valence-corrected chi connectivity index (χ1v) is 10.0. The number of nitriles is 1. The Labute approximate surface area is 174 Å². The first-order valence-electron chi connectivity index (χ1n) is 9.65. The average molecular weight is 412 g/mol. The summed E-state index contributed by atoms with van der Waals surface area (Å²) in [6, 6.07) is 13.0. The lowest BCUT2D eigenvalue weighted by Gasteiger charge is -2.34. The van der Waals surface area contributed by atoms with Gasteiger partial charge in [-0.1, -0.05) is 37.6 Å². The number of para-hydroxylation sites is 1.